The van der Waals surface area contributed by atoms with Gasteiger partial charge in [-0.1, -0.05) is 0 Å². The van der Waals surface area contributed by atoms with Crippen molar-refractivity contribution < 1.29 is 4.79 Å². The Morgan fingerprint density at radius 2 is 2.33 bits per heavy atom. The lowest BCUT2D eigenvalue weighted by Gasteiger charge is -2.33. The number of piperidine rings is 1. The number of aryl methyl sites for hydroxylation is 1. The van der Waals surface area contributed by atoms with Gasteiger partial charge in [-0.2, -0.15) is 5.10 Å². The molecule has 1 aliphatic heterocycles. The summed E-state index contributed by atoms with van der Waals surface area (Å²) in [4.78, 5) is 19.1. The number of carbonyl (C=O) groups is 1. The second-order valence-corrected chi connectivity index (χ2v) is 6.93. The van der Waals surface area contributed by atoms with E-state index in [0.717, 1.165) is 44.6 Å². The molecule has 2 aromatic rings. The van der Waals surface area contributed by atoms with E-state index in [-0.39, 0.29) is 5.91 Å². The Labute approximate surface area is 143 Å². The number of amides is 1. The summed E-state index contributed by atoms with van der Waals surface area (Å²) in [6, 6.07) is 0.406. The molecule has 3 heterocycles. The highest BCUT2D eigenvalue weighted by Gasteiger charge is 2.27. The fourth-order valence-corrected chi connectivity index (χ4v) is 3.51. The molecule has 1 N–H and O–H groups in total. The van der Waals surface area contributed by atoms with E-state index in [1.165, 1.54) is 5.56 Å². The van der Waals surface area contributed by atoms with Gasteiger partial charge in [0, 0.05) is 50.1 Å². The molecule has 2 aromatic heterocycles. The summed E-state index contributed by atoms with van der Waals surface area (Å²) in [5, 5.41) is 6.75. The minimum absolute atomic E-state index is 0.269. The van der Waals surface area contributed by atoms with E-state index in [0.29, 0.717) is 18.4 Å². The number of hydrogen-bond acceptors (Lipinski definition) is 3. The van der Waals surface area contributed by atoms with Gasteiger partial charge in [-0.15, -0.1) is 0 Å². The zero-order chi connectivity index (χ0) is 16.9. The van der Waals surface area contributed by atoms with Gasteiger partial charge >= 0.3 is 0 Å². The molecule has 1 aliphatic rings. The lowest BCUT2D eigenvalue weighted by Crippen LogP contribution is -2.39. The number of H-pyrrole nitrogens is 1. The Balaban J connectivity index is 1.54. The van der Waals surface area contributed by atoms with Crippen LogP contribution in [0, 0.1) is 0 Å². The third-order valence-corrected chi connectivity index (χ3v) is 4.81. The molecule has 0 aliphatic carbocycles. The van der Waals surface area contributed by atoms with E-state index >= 15 is 0 Å². The first-order valence-corrected chi connectivity index (χ1v) is 8.93. The molecule has 24 heavy (non-hydrogen) atoms. The van der Waals surface area contributed by atoms with Gasteiger partial charge in [-0.3, -0.25) is 9.89 Å². The summed E-state index contributed by atoms with van der Waals surface area (Å²) in [6.45, 7) is 6.03. The highest BCUT2D eigenvalue weighted by atomic mass is 16.2. The maximum absolute atomic E-state index is 12.5. The summed E-state index contributed by atoms with van der Waals surface area (Å²) in [7, 11) is 0. The molecule has 1 saturated heterocycles. The van der Waals surface area contributed by atoms with Crippen LogP contribution in [0.5, 0.6) is 0 Å². The van der Waals surface area contributed by atoms with E-state index in [4.69, 9.17) is 0 Å². The zero-order valence-electron chi connectivity index (χ0n) is 14.6. The first-order chi connectivity index (χ1) is 11.6. The number of rotatable bonds is 6. The SMILES string of the molecule is CC(C)n1ccnc1[C@H]1CCCN(C(=O)CCCc2cn[nH]c2)C1. The number of aromatic nitrogens is 4. The molecule has 0 radical (unpaired) electrons. The van der Waals surface area contributed by atoms with Crippen LogP contribution in [0.15, 0.2) is 24.8 Å². The van der Waals surface area contributed by atoms with Crippen LogP contribution in [0.25, 0.3) is 0 Å². The van der Waals surface area contributed by atoms with E-state index in [1.807, 2.05) is 29.7 Å². The molecule has 1 fully saturated rings. The molecule has 0 saturated carbocycles. The monoisotopic (exact) mass is 329 g/mol. The third-order valence-electron chi connectivity index (χ3n) is 4.81. The molecule has 0 aromatic carbocycles. The zero-order valence-corrected chi connectivity index (χ0v) is 14.6. The van der Waals surface area contributed by atoms with E-state index in [2.05, 4.69) is 33.6 Å². The molecule has 3 rings (SSSR count). The van der Waals surface area contributed by atoms with Crippen molar-refractivity contribution in [2.24, 2.45) is 0 Å². The van der Waals surface area contributed by atoms with Crippen LogP contribution < -0.4 is 0 Å². The van der Waals surface area contributed by atoms with Crippen LogP contribution in [0.1, 0.15) is 62.9 Å². The standard InChI is InChI=1S/C18H27N5O/c1-14(2)23-10-8-19-18(23)16-6-4-9-22(13-16)17(24)7-3-5-15-11-20-21-12-15/h8,10-12,14,16H,3-7,9,13H2,1-2H3,(H,20,21)/t16-/m0/s1. The summed E-state index contributed by atoms with van der Waals surface area (Å²) in [6.07, 6.45) is 12.2. The molecule has 130 valence electrons. The van der Waals surface area contributed by atoms with Crippen molar-refractivity contribution in [2.45, 2.75) is 57.9 Å². The number of nitrogens with zero attached hydrogens (tertiary/aromatic N) is 4. The summed E-state index contributed by atoms with van der Waals surface area (Å²) < 4.78 is 2.23. The van der Waals surface area contributed by atoms with Crippen LogP contribution in [-0.2, 0) is 11.2 Å². The minimum Gasteiger partial charge on any atom is -0.342 e. The number of hydrogen-bond donors (Lipinski definition) is 1. The van der Waals surface area contributed by atoms with Gasteiger partial charge < -0.3 is 9.47 Å². The Morgan fingerprint density at radius 1 is 1.46 bits per heavy atom. The minimum atomic E-state index is 0.269. The number of aromatic amines is 1. The highest BCUT2D eigenvalue weighted by molar-refractivity contribution is 5.76. The largest absolute Gasteiger partial charge is 0.342 e. The Morgan fingerprint density at radius 3 is 3.08 bits per heavy atom. The summed E-state index contributed by atoms with van der Waals surface area (Å²) in [5.41, 5.74) is 1.17. The Hall–Kier alpha value is -2.11. The first-order valence-electron chi connectivity index (χ1n) is 8.93. The van der Waals surface area contributed by atoms with Crippen molar-refractivity contribution in [1.82, 2.24) is 24.6 Å². The van der Waals surface area contributed by atoms with Crippen molar-refractivity contribution in [3.63, 3.8) is 0 Å². The average molecular weight is 329 g/mol. The van der Waals surface area contributed by atoms with Gasteiger partial charge in [-0.25, -0.2) is 4.98 Å². The van der Waals surface area contributed by atoms with Gasteiger partial charge in [0.05, 0.1) is 6.20 Å². The van der Waals surface area contributed by atoms with Gasteiger partial charge in [0.1, 0.15) is 5.82 Å². The predicted octanol–water partition coefficient (Wildman–Crippen LogP) is 2.92. The number of carbonyl (C=O) groups excluding carboxylic acids is 1. The number of nitrogens with one attached hydrogen (secondary N) is 1. The van der Waals surface area contributed by atoms with Crippen molar-refractivity contribution in [2.75, 3.05) is 13.1 Å². The molecular formula is C18H27N5O. The average Bonchev–Trinajstić information content (AvgIpc) is 3.26. The normalized spacial score (nSPS) is 18.3. The second kappa shape index (κ2) is 7.64. The van der Waals surface area contributed by atoms with Gasteiger partial charge in [0.2, 0.25) is 5.91 Å². The molecule has 1 atom stereocenters. The summed E-state index contributed by atoms with van der Waals surface area (Å²) in [5.74, 6) is 1.75. The topological polar surface area (TPSA) is 66.8 Å². The lowest BCUT2D eigenvalue weighted by atomic mass is 9.96. The van der Waals surface area contributed by atoms with E-state index < -0.39 is 0 Å². The Bertz CT molecular complexity index is 646. The van der Waals surface area contributed by atoms with Gasteiger partial charge in [0.15, 0.2) is 0 Å². The number of imidazole rings is 1. The molecule has 0 bridgehead atoms. The number of likely N-dealkylation sites (tertiary alicyclic amines) is 1. The molecule has 6 nitrogen and oxygen atoms in total. The van der Waals surface area contributed by atoms with Crippen LogP contribution >= 0.6 is 0 Å². The van der Waals surface area contributed by atoms with Gasteiger partial charge in [0.25, 0.3) is 0 Å². The second-order valence-electron chi connectivity index (χ2n) is 6.93. The van der Waals surface area contributed by atoms with Crippen LogP contribution in [0.3, 0.4) is 0 Å². The first kappa shape index (κ1) is 16.7. The maximum Gasteiger partial charge on any atom is 0.222 e. The molecule has 6 heteroatoms. The predicted molar refractivity (Wildman–Crippen MR) is 92.7 cm³/mol. The van der Waals surface area contributed by atoms with Crippen molar-refractivity contribution in [3.8, 4) is 0 Å². The lowest BCUT2D eigenvalue weighted by molar-refractivity contribution is -0.132. The third kappa shape index (κ3) is 3.86. The van der Waals surface area contributed by atoms with Crippen molar-refractivity contribution >= 4 is 5.91 Å². The van der Waals surface area contributed by atoms with Crippen LogP contribution in [0.2, 0.25) is 0 Å². The molecule has 0 unspecified atom stereocenters. The van der Waals surface area contributed by atoms with Crippen LogP contribution in [0.4, 0.5) is 0 Å². The fraction of sp³-hybridized carbons (Fsp3) is 0.611. The maximum atomic E-state index is 12.5. The Kier molecular flexibility index (Phi) is 5.33. The quantitative estimate of drug-likeness (QED) is 0.886. The van der Waals surface area contributed by atoms with Crippen LogP contribution in [-0.4, -0.2) is 43.6 Å². The van der Waals surface area contributed by atoms with Crippen molar-refractivity contribution in [1.29, 1.82) is 0 Å². The van der Waals surface area contributed by atoms with Crippen molar-refractivity contribution in [3.05, 3.63) is 36.2 Å². The summed E-state index contributed by atoms with van der Waals surface area (Å²) >= 11 is 0. The smallest absolute Gasteiger partial charge is 0.222 e. The fourth-order valence-electron chi connectivity index (χ4n) is 3.51. The molecule has 1 amide bonds. The van der Waals surface area contributed by atoms with E-state index in [9.17, 15) is 4.79 Å². The highest BCUT2D eigenvalue weighted by Crippen LogP contribution is 2.28. The van der Waals surface area contributed by atoms with E-state index in [1.54, 1.807) is 0 Å². The molecular weight excluding hydrogens is 302 g/mol. The van der Waals surface area contributed by atoms with Gasteiger partial charge in [-0.05, 0) is 45.1 Å². The molecule has 0 spiro atoms.